The van der Waals surface area contributed by atoms with Crippen molar-refractivity contribution in [3.8, 4) is 0 Å². The molecule has 1 aromatic rings. The zero-order valence-corrected chi connectivity index (χ0v) is 9.52. The number of aromatic nitrogens is 2. The van der Waals surface area contributed by atoms with E-state index in [1.807, 2.05) is 13.2 Å². The molecule has 0 bridgehead atoms. The van der Waals surface area contributed by atoms with Crippen molar-refractivity contribution < 1.29 is 4.79 Å². The molecule has 0 aromatic carbocycles. The van der Waals surface area contributed by atoms with E-state index in [0.717, 1.165) is 18.4 Å². The summed E-state index contributed by atoms with van der Waals surface area (Å²) in [4.78, 5) is 11.6. The highest BCUT2D eigenvalue weighted by molar-refractivity contribution is 5.91. The summed E-state index contributed by atoms with van der Waals surface area (Å²) in [6.45, 7) is 0. The van der Waals surface area contributed by atoms with Gasteiger partial charge in [0, 0.05) is 30.9 Å². The van der Waals surface area contributed by atoms with E-state index in [1.54, 1.807) is 23.0 Å². The molecule has 1 aliphatic carbocycles. The lowest BCUT2D eigenvalue weighted by molar-refractivity contribution is -0.117. The van der Waals surface area contributed by atoms with E-state index in [0.29, 0.717) is 6.04 Å². The zero-order chi connectivity index (χ0) is 11.4. The Morgan fingerprint density at radius 3 is 2.94 bits per heavy atom. The van der Waals surface area contributed by atoms with Gasteiger partial charge in [0.05, 0.1) is 6.20 Å². The van der Waals surface area contributed by atoms with Crippen LogP contribution in [0.3, 0.4) is 0 Å². The summed E-state index contributed by atoms with van der Waals surface area (Å²) in [6, 6.07) is 0.381. The summed E-state index contributed by atoms with van der Waals surface area (Å²) in [5, 5.41) is 7.03. The Morgan fingerprint density at radius 1 is 1.56 bits per heavy atom. The number of rotatable bonds is 3. The Bertz CT molecular complexity index is 389. The smallest absolute Gasteiger partial charge is 0.244 e. The van der Waals surface area contributed by atoms with Gasteiger partial charge in [0.1, 0.15) is 0 Å². The van der Waals surface area contributed by atoms with E-state index < -0.39 is 0 Å². The molecule has 1 aromatic heterocycles. The summed E-state index contributed by atoms with van der Waals surface area (Å²) in [5.74, 6) is -0.00393. The molecule has 0 spiro atoms. The molecule has 16 heavy (non-hydrogen) atoms. The number of aryl methyl sites for hydroxylation is 1. The Hall–Kier alpha value is -1.58. The maximum Gasteiger partial charge on any atom is 0.244 e. The number of nitrogens with one attached hydrogen (secondary N) is 1. The molecule has 0 unspecified atom stereocenters. The van der Waals surface area contributed by atoms with E-state index in [4.69, 9.17) is 0 Å². The Morgan fingerprint density at radius 2 is 2.31 bits per heavy atom. The van der Waals surface area contributed by atoms with Gasteiger partial charge < -0.3 is 5.32 Å². The first-order chi connectivity index (χ1) is 7.74. The first-order valence-corrected chi connectivity index (χ1v) is 5.71. The fraction of sp³-hybridized carbons (Fsp3) is 0.500. The summed E-state index contributed by atoms with van der Waals surface area (Å²) in [5.41, 5.74) is 0.948. The highest BCUT2D eigenvalue weighted by Crippen LogP contribution is 2.17. The van der Waals surface area contributed by atoms with Gasteiger partial charge in [-0.2, -0.15) is 5.10 Å². The van der Waals surface area contributed by atoms with Gasteiger partial charge in [-0.3, -0.25) is 9.48 Å². The van der Waals surface area contributed by atoms with Crippen molar-refractivity contribution in [1.29, 1.82) is 0 Å². The molecule has 1 saturated carbocycles. The van der Waals surface area contributed by atoms with Gasteiger partial charge in [-0.05, 0) is 18.9 Å². The molecule has 0 atom stereocenters. The second-order valence-electron chi connectivity index (χ2n) is 4.27. The number of amides is 1. The van der Waals surface area contributed by atoms with Crippen molar-refractivity contribution in [1.82, 2.24) is 15.1 Å². The molecule has 1 N–H and O–H groups in total. The normalized spacial score (nSPS) is 17.1. The van der Waals surface area contributed by atoms with Gasteiger partial charge in [0.25, 0.3) is 0 Å². The van der Waals surface area contributed by atoms with Crippen molar-refractivity contribution in [2.75, 3.05) is 0 Å². The van der Waals surface area contributed by atoms with Crippen LogP contribution in [-0.2, 0) is 11.8 Å². The van der Waals surface area contributed by atoms with Crippen molar-refractivity contribution in [3.63, 3.8) is 0 Å². The van der Waals surface area contributed by atoms with Crippen LogP contribution < -0.4 is 5.32 Å². The topological polar surface area (TPSA) is 46.9 Å². The maximum atomic E-state index is 11.6. The molecule has 86 valence electrons. The fourth-order valence-electron chi connectivity index (χ4n) is 2.02. The van der Waals surface area contributed by atoms with E-state index >= 15 is 0 Å². The summed E-state index contributed by atoms with van der Waals surface area (Å²) in [6.07, 6.45) is 11.7. The molecule has 1 fully saturated rings. The summed E-state index contributed by atoms with van der Waals surface area (Å²) < 4.78 is 1.72. The van der Waals surface area contributed by atoms with Crippen LogP contribution in [0, 0.1) is 0 Å². The summed E-state index contributed by atoms with van der Waals surface area (Å²) in [7, 11) is 1.86. The maximum absolute atomic E-state index is 11.6. The minimum Gasteiger partial charge on any atom is -0.350 e. The molecule has 2 rings (SSSR count). The van der Waals surface area contributed by atoms with Crippen LogP contribution in [0.25, 0.3) is 6.08 Å². The van der Waals surface area contributed by atoms with Crippen molar-refractivity contribution in [2.45, 2.75) is 31.7 Å². The monoisotopic (exact) mass is 219 g/mol. The van der Waals surface area contributed by atoms with Gasteiger partial charge >= 0.3 is 0 Å². The van der Waals surface area contributed by atoms with Crippen LogP contribution in [0.2, 0.25) is 0 Å². The van der Waals surface area contributed by atoms with E-state index in [1.165, 1.54) is 12.8 Å². The van der Waals surface area contributed by atoms with E-state index in [9.17, 15) is 4.79 Å². The molecule has 0 aliphatic heterocycles. The average Bonchev–Trinajstić information content (AvgIpc) is 2.87. The second-order valence-corrected chi connectivity index (χ2v) is 4.27. The van der Waals surface area contributed by atoms with Gasteiger partial charge in [-0.1, -0.05) is 12.8 Å². The van der Waals surface area contributed by atoms with Gasteiger partial charge in [0.15, 0.2) is 0 Å². The minimum absolute atomic E-state index is 0.00393. The lowest BCUT2D eigenvalue weighted by Crippen LogP contribution is -2.30. The van der Waals surface area contributed by atoms with Crippen LogP contribution in [-0.4, -0.2) is 21.7 Å². The second kappa shape index (κ2) is 4.96. The molecule has 0 radical (unpaired) electrons. The predicted molar refractivity (Wildman–Crippen MR) is 62.6 cm³/mol. The molecule has 0 saturated heterocycles. The third-order valence-corrected chi connectivity index (χ3v) is 2.85. The lowest BCUT2D eigenvalue weighted by Gasteiger charge is -2.08. The zero-order valence-electron chi connectivity index (χ0n) is 9.52. The van der Waals surface area contributed by atoms with Crippen LogP contribution in [0.1, 0.15) is 31.2 Å². The Kier molecular flexibility index (Phi) is 3.39. The van der Waals surface area contributed by atoms with Crippen molar-refractivity contribution in [2.24, 2.45) is 7.05 Å². The van der Waals surface area contributed by atoms with Crippen LogP contribution in [0.4, 0.5) is 0 Å². The first-order valence-electron chi connectivity index (χ1n) is 5.71. The predicted octanol–water partition coefficient (Wildman–Crippen LogP) is 1.49. The highest BCUT2D eigenvalue weighted by Gasteiger charge is 2.15. The number of hydrogen-bond donors (Lipinski definition) is 1. The molecule has 1 heterocycles. The summed E-state index contributed by atoms with van der Waals surface area (Å²) >= 11 is 0. The fourth-order valence-corrected chi connectivity index (χ4v) is 2.02. The highest BCUT2D eigenvalue weighted by atomic mass is 16.1. The third-order valence-electron chi connectivity index (χ3n) is 2.85. The molecule has 4 nitrogen and oxygen atoms in total. The quantitative estimate of drug-likeness (QED) is 0.783. The molecular formula is C12H17N3O. The van der Waals surface area contributed by atoms with E-state index in [2.05, 4.69) is 10.4 Å². The molecule has 1 aliphatic rings. The van der Waals surface area contributed by atoms with Crippen molar-refractivity contribution in [3.05, 3.63) is 24.0 Å². The van der Waals surface area contributed by atoms with Gasteiger partial charge in [-0.25, -0.2) is 0 Å². The van der Waals surface area contributed by atoms with Gasteiger partial charge in [-0.15, -0.1) is 0 Å². The largest absolute Gasteiger partial charge is 0.350 e. The minimum atomic E-state index is -0.00393. The van der Waals surface area contributed by atoms with E-state index in [-0.39, 0.29) is 5.91 Å². The SMILES string of the molecule is Cn1cc(C=CC(=O)NC2CCCC2)cn1. The van der Waals surface area contributed by atoms with Crippen LogP contribution in [0.15, 0.2) is 18.5 Å². The molecule has 4 heteroatoms. The number of carbonyl (C=O) groups is 1. The molecular weight excluding hydrogens is 202 g/mol. The van der Waals surface area contributed by atoms with Gasteiger partial charge in [0.2, 0.25) is 5.91 Å². The average molecular weight is 219 g/mol. The Labute approximate surface area is 95.3 Å². The van der Waals surface area contributed by atoms with Crippen molar-refractivity contribution >= 4 is 12.0 Å². The number of nitrogens with zero attached hydrogens (tertiary/aromatic N) is 2. The standard InChI is InChI=1S/C12H17N3O/c1-15-9-10(8-13-15)6-7-12(16)14-11-4-2-3-5-11/h6-9,11H,2-5H2,1H3,(H,14,16). The number of hydrogen-bond acceptors (Lipinski definition) is 2. The Balaban J connectivity index is 1.84. The lowest BCUT2D eigenvalue weighted by atomic mass is 10.2. The molecule has 1 amide bonds. The number of carbonyl (C=O) groups excluding carboxylic acids is 1. The first kappa shape index (κ1) is 10.9. The third kappa shape index (κ3) is 2.95. The van der Waals surface area contributed by atoms with Crippen LogP contribution >= 0.6 is 0 Å². The van der Waals surface area contributed by atoms with Crippen LogP contribution in [0.5, 0.6) is 0 Å².